The number of aromatic nitrogens is 1. The summed E-state index contributed by atoms with van der Waals surface area (Å²) in [4.78, 5) is 4.21. The van der Waals surface area contributed by atoms with E-state index in [1.807, 2.05) is 12.4 Å². The maximum absolute atomic E-state index is 4.21. The molecule has 2 nitrogen and oxygen atoms in total. The van der Waals surface area contributed by atoms with Crippen molar-refractivity contribution in [1.29, 1.82) is 0 Å². The lowest BCUT2D eigenvalue weighted by atomic mass is 9.71. The van der Waals surface area contributed by atoms with Crippen molar-refractivity contribution in [3.05, 3.63) is 66.0 Å². The topological polar surface area (TPSA) is 24.9 Å². The summed E-state index contributed by atoms with van der Waals surface area (Å²) in [6, 6.07) is 15.9. The second-order valence-corrected chi connectivity index (χ2v) is 6.89. The molecule has 1 saturated heterocycles. The second kappa shape index (κ2) is 5.85. The van der Waals surface area contributed by atoms with E-state index in [4.69, 9.17) is 0 Å². The second-order valence-electron chi connectivity index (χ2n) is 6.89. The molecule has 1 saturated carbocycles. The van der Waals surface area contributed by atoms with Crippen molar-refractivity contribution in [3.63, 3.8) is 0 Å². The fourth-order valence-electron chi connectivity index (χ4n) is 4.60. The summed E-state index contributed by atoms with van der Waals surface area (Å²) >= 11 is 0. The first kappa shape index (κ1) is 14.0. The lowest BCUT2D eigenvalue weighted by Crippen LogP contribution is -2.46. The van der Waals surface area contributed by atoms with E-state index in [1.54, 1.807) is 0 Å². The first-order chi connectivity index (χ1) is 10.9. The number of benzene rings is 1. The monoisotopic (exact) mass is 292 g/mol. The molecule has 0 bridgehead atoms. The van der Waals surface area contributed by atoms with Crippen LogP contribution in [0.15, 0.2) is 54.9 Å². The van der Waals surface area contributed by atoms with Crippen LogP contribution in [0.5, 0.6) is 0 Å². The summed E-state index contributed by atoms with van der Waals surface area (Å²) < 4.78 is 0. The average Bonchev–Trinajstić information content (AvgIpc) is 2.96. The van der Waals surface area contributed by atoms with E-state index in [9.17, 15) is 0 Å². The van der Waals surface area contributed by atoms with E-state index in [-0.39, 0.29) is 0 Å². The Morgan fingerprint density at radius 3 is 2.32 bits per heavy atom. The number of nitrogens with one attached hydrogen (secondary N) is 1. The van der Waals surface area contributed by atoms with Gasteiger partial charge >= 0.3 is 0 Å². The molecule has 0 amide bonds. The van der Waals surface area contributed by atoms with Gasteiger partial charge in [0.25, 0.3) is 0 Å². The van der Waals surface area contributed by atoms with Crippen LogP contribution in [0.3, 0.4) is 0 Å². The minimum Gasteiger partial charge on any atom is -0.304 e. The SMILES string of the molecule is c1ccc([C@@H]2C[C@H](c3ccncc3)C3(CCCCC3)N2)cc1. The van der Waals surface area contributed by atoms with E-state index in [0.29, 0.717) is 17.5 Å². The van der Waals surface area contributed by atoms with Crippen LogP contribution in [0.4, 0.5) is 0 Å². The minimum atomic E-state index is 0.292. The van der Waals surface area contributed by atoms with Crippen molar-refractivity contribution in [2.45, 2.75) is 56.0 Å². The number of nitrogens with zero attached hydrogens (tertiary/aromatic N) is 1. The van der Waals surface area contributed by atoms with Crippen molar-refractivity contribution in [2.75, 3.05) is 0 Å². The van der Waals surface area contributed by atoms with Gasteiger partial charge in [-0.25, -0.2) is 0 Å². The molecule has 0 radical (unpaired) electrons. The van der Waals surface area contributed by atoms with Crippen molar-refractivity contribution < 1.29 is 0 Å². The van der Waals surface area contributed by atoms with Crippen molar-refractivity contribution in [1.82, 2.24) is 10.3 Å². The van der Waals surface area contributed by atoms with Gasteiger partial charge in [0.2, 0.25) is 0 Å². The molecule has 1 aromatic heterocycles. The van der Waals surface area contributed by atoms with Crippen molar-refractivity contribution in [3.8, 4) is 0 Å². The lowest BCUT2D eigenvalue weighted by Gasteiger charge is -2.39. The summed E-state index contributed by atoms with van der Waals surface area (Å²) in [5.74, 6) is 0.612. The van der Waals surface area contributed by atoms with E-state index >= 15 is 0 Å². The van der Waals surface area contributed by atoms with Crippen LogP contribution < -0.4 is 5.32 Å². The predicted molar refractivity (Wildman–Crippen MR) is 89.7 cm³/mol. The fourth-order valence-corrected chi connectivity index (χ4v) is 4.60. The molecule has 1 spiro atoms. The zero-order valence-corrected chi connectivity index (χ0v) is 13.0. The Morgan fingerprint density at radius 1 is 0.864 bits per heavy atom. The molecule has 2 fully saturated rings. The van der Waals surface area contributed by atoms with Gasteiger partial charge in [-0.2, -0.15) is 0 Å². The minimum absolute atomic E-state index is 0.292. The third-order valence-corrected chi connectivity index (χ3v) is 5.66. The Kier molecular flexibility index (Phi) is 3.71. The highest BCUT2D eigenvalue weighted by molar-refractivity contribution is 5.30. The lowest BCUT2D eigenvalue weighted by molar-refractivity contribution is 0.231. The van der Waals surface area contributed by atoms with Crippen LogP contribution in [-0.4, -0.2) is 10.5 Å². The van der Waals surface area contributed by atoms with Crippen LogP contribution in [0.2, 0.25) is 0 Å². The Hall–Kier alpha value is -1.67. The summed E-state index contributed by atoms with van der Waals surface area (Å²) in [5, 5.41) is 4.05. The van der Waals surface area contributed by atoms with Crippen molar-refractivity contribution >= 4 is 0 Å². The zero-order chi connectivity index (χ0) is 14.8. The molecule has 2 heterocycles. The Balaban J connectivity index is 1.68. The van der Waals surface area contributed by atoms with Gasteiger partial charge in [0.1, 0.15) is 0 Å². The number of rotatable bonds is 2. The van der Waals surface area contributed by atoms with Gasteiger partial charge in [0, 0.05) is 29.9 Å². The Labute approximate surface area is 133 Å². The quantitative estimate of drug-likeness (QED) is 0.875. The van der Waals surface area contributed by atoms with Crippen LogP contribution in [0.25, 0.3) is 0 Å². The van der Waals surface area contributed by atoms with E-state index in [2.05, 4.69) is 52.8 Å². The van der Waals surface area contributed by atoms with Crippen LogP contribution >= 0.6 is 0 Å². The van der Waals surface area contributed by atoms with Gasteiger partial charge in [0.05, 0.1) is 0 Å². The van der Waals surface area contributed by atoms with Crippen LogP contribution in [0, 0.1) is 0 Å². The van der Waals surface area contributed by atoms with Gasteiger partial charge in [-0.3, -0.25) is 4.98 Å². The third kappa shape index (κ3) is 2.46. The van der Waals surface area contributed by atoms with Gasteiger partial charge in [-0.05, 0) is 42.5 Å². The van der Waals surface area contributed by atoms with Gasteiger partial charge in [-0.15, -0.1) is 0 Å². The molecule has 1 N–H and O–H groups in total. The molecule has 2 aromatic rings. The molecule has 1 aliphatic carbocycles. The van der Waals surface area contributed by atoms with E-state index in [0.717, 1.165) is 0 Å². The standard InChI is InChI=1S/C20H24N2/c1-3-7-17(8-4-1)19-15-18(16-9-13-21-14-10-16)20(22-19)11-5-2-6-12-20/h1,3-4,7-10,13-14,18-19,22H,2,5-6,11-12,15H2/t18-,19+/m1/s1. The predicted octanol–water partition coefficient (Wildman–Crippen LogP) is 4.60. The molecular weight excluding hydrogens is 268 g/mol. The molecule has 2 aliphatic rings. The number of hydrogen-bond acceptors (Lipinski definition) is 2. The molecule has 0 unspecified atom stereocenters. The highest BCUT2D eigenvalue weighted by atomic mass is 15.1. The molecule has 1 aliphatic heterocycles. The average molecular weight is 292 g/mol. The molecule has 22 heavy (non-hydrogen) atoms. The van der Waals surface area contributed by atoms with E-state index < -0.39 is 0 Å². The highest BCUT2D eigenvalue weighted by Gasteiger charge is 2.47. The van der Waals surface area contributed by atoms with Crippen molar-refractivity contribution in [2.24, 2.45) is 0 Å². The summed E-state index contributed by atoms with van der Waals surface area (Å²) in [6.45, 7) is 0. The molecular formula is C20H24N2. The fraction of sp³-hybridized carbons (Fsp3) is 0.450. The normalized spacial score (nSPS) is 27.1. The molecule has 1 aromatic carbocycles. The van der Waals surface area contributed by atoms with Gasteiger partial charge in [-0.1, -0.05) is 49.6 Å². The first-order valence-electron chi connectivity index (χ1n) is 8.60. The smallest absolute Gasteiger partial charge is 0.0331 e. The maximum atomic E-state index is 4.21. The molecule has 4 rings (SSSR count). The maximum Gasteiger partial charge on any atom is 0.0331 e. The summed E-state index contributed by atoms with van der Waals surface area (Å²) in [5.41, 5.74) is 3.19. The Bertz CT molecular complexity index is 602. The van der Waals surface area contributed by atoms with E-state index in [1.165, 1.54) is 49.7 Å². The number of hydrogen-bond donors (Lipinski definition) is 1. The molecule has 2 heteroatoms. The zero-order valence-electron chi connectivity index (χ0n) is 13.0. The first-order valence-corrected chi connectivity index (χ1v) is 8.60. The molecule has 114 valence electrons. The highest BCUT2D eigenvalue weighted by Crippen LogP contribution is 2.50. The Morgan fingerprint density at radius 2 is 1.59 bits per heavy atom. The third-order valence-electron chi connectivity index (χ3n) is 5.66. The van der Waals surface area contributed by atoms with Crippen LogP contribution in [-0.2, 0) is 0 Å². The summed E-state index contributed by atoms with van der Waals surface area (Å²) in [6.07, 6.45) is 11.8. The van der Waals surface area contributed by atoms with Crippen LogP contribution in [0.1, 0.15) is 61.6 Å². The van der Waals surface area contributed by atoms with Gasteiger partial charge < -0.3 is 5.32 Å². The largest absolute Gasteiger partial charge is 0.304 e. The van der Waals surface area contributed by atoms with Gasteiger partial charge in [0.15, 0.2) is 0 Å². The number of pyridine rings is 1. The summed E-state index contributed by atoms with van der Waals surface area (Å²) in [7, 11) is 0. The molecule has 2 atom stereocenters.